The summed E-state index contributed by atoms with van der Waals surface area (Å²) in [6.07, 6.45) is 6.45. The van der Waals surface area contributed by atoms with Gasteiger partial charge in [0.2, 0.25) is 0 Å². The fourth-order valence-corrected chi connectivity index (χ4v) is 3.13. The summed E-state index contributed by atoms with van der Waals surface area (Å²) in [4.78, 5) is 28.0. The van der Waals surface area contributed by atoms with E-state index in [4.69, 9.17) is 4.52 Å². The number of hydrogen-bond acceptors (Lipinski definition) is 8. The molecule has 0 aliphatic carbocycles. The number of benzene rings is 1. The highest BCUT2D eigenvalue weighted by molar-refractivity contribution is 6.04. The van der Waals surface area contributed by atoms with Gasteiger partial charge in [-0.05, 0) is 57.1 Å². The smallest absolute Gasteiger partial charge is 0.256 e. The Hall–Kier alpha value is -4.05. The Morgan fingerprint density at radius 3 is 2.70 bits per heavy atom. The van der Waals surface area contributed by atoms with Gasteiger partial charge in [-0.1, -0.05) is 18.1 Å². The van der Waals surface area contributed by atoms with Crippen LogP contribution in [0.3, 0.4) is 0 Å². The molecule has 0 saturated carbocycles. The highest BCUT2D eigenvalue weighted by Crippen LogP contribution is 2.27. The first-order valence-electron chi connectivity index (χ1n) is 10.5. The van der Waals surface area contributed by atoms with Gasteiger partial charge < -0.3 is 20.5 Å². The van der Waals surface area contributed by atoms with Gasteiger partial charge in [0, 0.05) is 29.1 Å². The molecule has 1 aromatic carbocycles. The monoisotopic (exact) mass is 449 g/mol. The first-order valence-corrected chi connectivity index (χ1v) is 10.5. The van der Waals surface area contributed by atoms with Crippen LogP contribution in [0.5, 0.6) is 0 Å². The minimum atomic E-state index is -0.313. The Morgan fingerprint density at radius 1 is 1.24 bits per heavy atom. The largest absolute Gasteiger partial charge is 0.363 e. The van der Waals surface area contributed by atoms with Crippen molar-refractivity contribution in [1.29, 1.82) is 0 Å². The summed E-state index contributed by atoms with van der Waals surface area (Å²) in [5.74, 6) is 0.562. The number of anilines is 3. The molecule has 0 radical (unpaired) electrons. The molecule has 10 heteroatoms. The maximum Gasteiger partial charge on any atom is 0.256 e. The van der Waals surface area contributed by atoms with Gasteiger partial charge in [-0.15, -0.1) is 0 Å². The van der Waals surface area contributed by atoms with Crippen LogP contribution in [0.15, 0.2) is 47.6 Å². The maximum absolute atomic E-state index is 12.4. The quantitative estimate of drug-likeness (QED) is 0.364. The van der Waals surface area contributed by atoms with E-state index in [0.29, 0.717) is 34.0 Å². The van der Waals surface area contributed by atoms with Gasteiger partial charge in [-0.2, -0.15) is 5.10 Å². The van der Waals surface area contributed by atoms with Crippen molar-refractivity contribution in [2.45, 2.75) is 27.2 Å². The first-order chi connectivity index (χ1) is 16.0. The topological polar surface area (TPSA) is 126 Å². The van der Waals surface area contributed by atoms with Crippen LogP contribution in [-0.2, 0) is 0 Å². The van der Waals surface area contributed by atoms with Crippen LogP contribution in [0.2, 0.25) is 0 Å². The average molecular weight is 450 g/mol. The second-order valence-electron chi connectivity index (χ2n) is 7.33. The number of carbonyl (C=O) groups excluding carboxylic acids is 2. The van der Waals surface area contributed by atoms with Gasteiger partial charge in [0.1, 0.15) is 18.1 Å². The van der Waals surface area contributed by atoms with Gasteiger partial charge in [-0.25, -0.2) is 9.50 Å². The third-order valence-electron chi connectivity index (χ3n) is 4.93. The summed E-state index contributed by atoms with van der Waals surface area (Å²) in [5.41, 5.74) is 4.09. The molecule has 0 aliphatic heterocycles. The van der Waals surface area contributed by atoms with Crippen LogP contribution in [0.4, 0.5) is 17.3 Å². The number of amides is 1. The molecule has 3 N–H and O–H groups in total. The van der Waals surface area contributed by atoms with Crippen molar-refractivity contribution < 1.29 is 14.1 Å². The summed E-state index contributed by atoms with van der Waals surface area (Å²) in [6.45, 7) is 7.04. The molecule has 0 aliphatic rings. The van der Waals surface area contributed by atoms with Crippen LogP contribution in [-0.4, -0.2) is 45.5 Å². The second kappa shape index (κ2) is 11.0. The fraction of sp³-hybridized carbons (Fsp3) is 0.261. The summed E-state index contributed by atoms with van der Waals surface area (Å²) >= 11 is 0. The molecule has 172 valence electrons. The normalized spacial score (nSPS) is 10.4. The summed E-state index contributed by atoms with van der Waals surface area (Å²) in [7, 11) is 1.96. The van der Waals surface area contributed by atoms with Crippen molar-refractivity contribution in [3.63, 3.8) is 0 Å². The standard InChI is InChI=1S/C19H16N6O3.C4H11N/c1-11-3-4-13(19(27)23-16-5-6-28-24-16)7-15(11)22-18-17-12(2)14(9-26)8-25(17)21-10-20-18;1-3-4-5-2/h3-10H,1-2H3,(H,20,21,22)(H,23,24,27);5H,3-4H2,1-2H3. The number of aromatic nitrogens is 4. The molecule has 0 bridgehead atoms. The lowest BCUT2D eigenvalue weighted by atomic mass is 10.1. The molecule has 0 spiro atoms. The lowest BCUT2D eigenvalue weighted by molar-refractivity contribution is 0.102. The number of nitrogens with zero attached hydrogens (tertiary/aromatic N) is 4. The zero-order valence-electron chi connectivity index (χ0n) is 19.0. The van der Waals surface area contributed by atoms with Gasteiger partial charge >= 0.3 is 0 Å². The molecule has 3 aromatic heterocycles. The molecule has 4 rings (SSSR count). The Kier molecular flexibility index (Phi) is 7.87. The molecule has 33 heavy (non-hydrogen) atoms. The zero-order chi connectivity index (χ0) is 23.8. The number of nitrogens with one attached hydrogen (secondary N) is 3. The maximum atomic E-state index is 12.4. The Balaban J connectivity index is 0.000000555. The molecule has 0 atom stereocenters. The SMILES string of the molecule is CCCNC.Cc1ccc(C(=O)Nc2ccon2)cc1Nc1ncnn2cc(C=O)c(C)c12. The van der Waals surface area contributed by atoms with Crippen LogP contribution in [0.25, 0.3) is 5.52 Å². The summed E-state index contributed by atoms with van der Waals surface area (Å²) in [6, 6.07) is 6.84. The van der Waals surface area contributed by atoms with E-state index in [1.54, 1.807) is 28.9 Å². The number of aryl methyl sites for hydroxylation is 2. The molecule has 0 unspecified atom stereocenters. The van der Waals surface area contributed by atoms with Gasteiger partial charge in [0.25, 0.3) is 5.91 Å². The van der Waals surface area contributed by atoms with Gasteiger partial charge in [-0.3, -0.25) is 9.59 Å². The van der Waals surface area contributed by atoms with Crippen molar-refractivity contribution in [3.8, 4) is 0 Å². The minimum absolute atomic E-state index is 0.313. The fourth-order valence-electron chi connectivity index (χ4n) is 3.13. The van der Waals surface area contributed by atoms with Crippen LogP contribution in [0.1, 0.15) is 45.2 Å². The third-order valence-corrected chi connectivity index (χ3v) is 4.93. The summed E-state index contributed by atoms with van der Waals surface area (Å²) < 4.78 is 6.32. The molecule has 3 heterocycles. The zero-order valence-corrected chi connectivity index (χ0v) is 19.0. The number of rotatable bonds is 7. The van der Waals surface area contributed by atoms with Crippen LogP contribution < -0.4 is 16.0 Å². The lowest BCUT2D eigenvalue weighted by Crippen LogP contribution is -2.12. The van der Waals surface area contributed by atoms with E-state index < -0.39 is 0 Å². The number of hydrogen-bond donors (Lipinski definition) is 3. The van der Waals surface area contributed by atoms with E-state index >= 15 is 0 Å². The van der Waals surface area contributed by atoms with Crippen molar-refractivity contribution in [1.82, 2.24) is 25.1 Å². The number of fused-ring (bicyclic) bond motifs is 1. The third kappa shape index (κ3) is 5.60. The van der Waals surface area contributed by atoms with E-state index in [0.717, 1.165) is 24.0 Å². The van der Waals surface area contributed by atoms with Crippen molar-refractivity contribution in [3.05, 3.63) is 65.3 Å². The van der Waals surface area contributed by atoms with Crippen molar-refractivity contribution >= 4 is 35.0 Å². The highest BCUT2D eigenvalue weighted by atomic mass is 16.5. The van der Waals surface area contributed by atoms with Crippen LogP contribution in [0, 0.1) is 13.8 Å². The lowest BCUT2D eigenvalue weighted by Gasteiger charge is -2.12. The Bertz CT molecular complexity index is 1230. The Labute approximate surface area is 191 Å². The molecule has 10 nitrogen and oxygen atoms in total. The minimum Gasteiger partial charge on any atom is -0.363 e. The Morgan fingerprint density at radius 2 is 2.06 bits per heavy atom. The van der Waals surface area contributed by atoms with E-state index in [1.165, 1.54) is 19.0 Å². The van der Waals surface area contributed by atoms with Crippen LogP contribution >= 0.6 is 0 Å². The molecular formula is C23H27N7O3. The summed E-state index contributed by atoms with van der Waals surface area (Å²) in [5, 5.41) is 16.7. The van der Waals surface area contributed by atoms with Gasteiger partial charge in [0.15, 0.2) is 17.9 Å². The first kappa shape index (κ1) is 23.6. The molecule has 4 aromatic rings. The predicted molar refractivity (Wildman–Crippen MR) is 126 cm³/mol. The molecule has 1 amide bonds. The highest BCUT2D eigenvalue weighted by Gasteiger charge is 2.15. The van der Waals surface area contributed by atoms with Crippen molar-refractivity contribution in [2.24, 2.45) is 0 Å². The van der Waals surface area contributed by atoms with Gasteiger partial charge in [0.05, 0.1) is 0 Å². The van der Waals surface area contributed by atoms with E-state index in [1.807, 2.05) is 27.0 Å². The molecule has 0 saturated heterocycles. The number of carbonyl (C=O) groups is 2. The average Bonchev–Trinajstić information content (AvgIpc) is 3.44. The number of aldehydes is 1. The molecular weight excluding hydrogens is 422 g/mol. The predicted octanol–water partition coefficient (Wildman–Crippen LogP) is 3.76. The van der Waals surface area contributed by atoms with E-state index in [9.17, 15) is 9.59 Å². The molecule has 0 fully saturated rings. The van der Waals surface area contributed by atoms with E-state index in [2.05, 4.69) is 38.1 Å². The van der Waals surface area contributed by atoms with E-state index in [-0.39, 0.29) is 5.91 Å². The van der Waals surface area contributed by atoms with Crippen molar-refractivity contribution in [2.75, 3.05) is 24.2 Å². The second-order valence-corrected chi connectivity index (χ2v) is 7.33.